The Bertz CT molecular complexity index is 1260. The Kier molecular flexibility index (Phi) is 5.23. The van der Waals surface area contributed by atoms with Crippen LogP contribution >= 0.6 is 0 Å². The number of amides is 1. The lowest BCUT2D eigenvalue weighted by molar-refractivity contribution is 0.102. The quantitative estimate of drug-likeness (QED) is 0.465. The summed E-state index contributed by atoms with van der Waals surface area (Å²) in [5.41, 5.74) is 4.85. The van der Waals surface area contributed by atoms with Crippen molar-refractivity contribution in [1.29, 1.82) is 0 Å². The third-order valence-corrected chi connectivity index (χ3v) is 5.60. The second-order valence-corrected chi connectivity index (χ2v) is 8.38. The smallest absolute Gasteiger partial charge is 0.274 e. The predicted octanol–water partition coefficient (Wildman–Crippen LogP) is 5.11. The van der Waals surface area contributed by atoms with E-state index in [1.165, 1.54) is 0 Å². The number of pyridine rings is 2. The van der Waals surface area contributed by atoms with Crippen molar-refractivity contribution in [3.63, 3.8) is 0 Å². The molecule has 1 saturated carbocycles. The Hall–Kier alpha value is -3.87. The van der Waals surface area contributed by atoms with Crippen LogP contribution in [0.3, 0.4) is 0 Å². The summed E-state index contributed by atoms with van der Waals surface area (Å²) in [4.78, 5) is 21.7. The molecule has 5 rings (SSSR count). The van der Waals surface area contributed by atoms with E-state index in [1.54, 1.807) is 18.6 Å². The first-order valence-corrected chi connectivity index (χ1v) is 10.8. The van der Waals surface area contributed by atoms with E-state index in [0.29, 0.717) is 23.3 Å². The van der Waals surface area contributed by atoms with Gasteiger partial charge < -0.3 is 9.88 Å². The number of carbonyl (C=O) groups is 1. The molecule has 3 aromatic heterocycles. The van der Waals surface area contributed by atoms with Crippen molar-refractivity contribution < 1.29 is 4.79 Å². The number of hydrogen-bond acceptors (Lipinski definition) is 5. The van der Waals surface area contributed by atoms with E-state index in [0.717, 1.165) is 41.1 Å². The van der Waals surface area contributed by atoms with Crippen LogP contribution in [0, 0.1) is 0 Å². The zero-order valence-electron chi connectivity index (χ0n) is 18.1. The predicted molar refractivity (Wildman–Crippen MR) is 123 cm³/mol. The fourth-order valence-electron chi connectivity index (χ4n) is 3.65. The molecule has 0 radical (unpaired) electrons. The van der Waals surface area contributed by atoms with Crippen LogP contribution in [0.5, 0.6) is 0 Å². The second-order valence-electron chi connectivity index (χ2n) is 8.38. The van der Waals surface area contributed by atoms with E-state index in [1.807, 2.05) is 48.7 Å². The van der Waals surface area contributed by atoms with Crippen molar-refractivity contribution in [3.05, 3.63) is 78.6 Å². The summed E-state index contributed by atoms with van der Waals surface area (Å²) in [7, 11) is 0. The normalized spacial score (nSPS) is 13.3. The minimum atomic E-state index is -0.264. The third kappa shape index (κ3) is 4.14. The number of carbonyl (C=O) groups excluding carboxylic acids is 1. The van der Waals surface area contributed by atoms with Crippen LogP contribution in [0.15, 0.2) is 67.3 Å². The van der Waals surface area contributed by atoms with E-state index < -0.39 is 0 Å². The van der Waals surface area contributed by atoms with Gasteiger partial charge in [-0.1, -0.05) is 32.0 Å². The van der Waals surface area contributed by atoms with Gasteiger partial charge in [0.25, 0.3) is 5.91 Å². The second kappa shape index (κ2) is 8.34. The van der Waals surface area contributed by atoms with E-state index in [2.05, 4.69) is 43.9 Å². The molecule has 3 heterocycles. The maximum Gasteiger partial charge on any atom is 0.274 e. The molecule has 1 fully saturated rings. The Morgan fingerprint density at radius 1 is 1.03 bits per heavy atom. The lowest BCUT2D eigenvalue weighted by Gasteiger charge is -2.09. The molecule has 1 aromatic carbocycles. The van der Waals surface area contributed by atoms with E-state index >= 15 is 0 Å². The van der Waals surface area contributed by atoms with Crippen LogP contribution in [-0.2, 0) is 0 Å². The molecule has 160 valence electrons. The zero-order chi connectivity index (χ0) is 22.1. The number of aromatic nitrogens is 5. The van der Waals surface area contributed by atoms with Crippen molar-refractivity contribution in [3.8, 4) is 22.5 Å². The first-order chi connectivity index (χ1) is 15.6. The summed E-state index contributed by atoms with van der Waals surface area (Å²) >= 11 is 0. The summed E-state index contributed by atoms with van der Waals surface area (Å²) in [6.45, 7) is 4.23. The SMILES string of the molecule is CC(C)c1ccc(-c2ccnc(C(=O)Nc3cccc(-c4nncn4C4CC4)c3)c2)cn1. The Labute approximate surface area is 186 Å². The van der Waals surface area contributed by atoms with Gasteiger partial charge in [-0.2, -0.15) is 0 Å². The van der Waals surface area contributed by atoms with E-state index in [4.69, 9.17) is 0 Å². The average Bonchev–Trinajstić information content (AvgIpc) is 3.55. The molecular weight excluding hydrogens is 400 g/mol. The number of benzene rings is 1. The number of anilines is 1. The molecule has 0 unspecified atom stereocenters. The highest BCUT2D eigenvalue weighted by Gasteiger charge is 2.26. The third-order valence-electron chi connectivity index (χ3n) is 5.60. The average molecular weight is 425 g/mol. The molecule has 0 atom stereocenters. The number of nitrogens with one attached hydrogen (secondary N) is 1. The van der Waals surface area contributed by atoms with Gasteiger partial charge in [-0.15, -0.1) is 10.2 Å². The standard InChI is InChI=1S/C25H24N6O/c1-16(2)22-9-6-19(14-27-22)17-10-11-26-23(13-17)25(32)29-20-5-3-4-18(12-20)24-30-28-15-31(24)21-7-8-21/h3-6,9-16,21H,7-8H2,1-2H3,(H,29,32). The fourth-order valence-corrected chi connectivity index (χ4v) is 3.65. The number of rotatable bonds is 6. The molecular formula is C25H24N6O. The Balaban J connectivity index is 1.35. The lowest BCUT2D eigenvalue weighted by atomic mass is 10.0. The Morgan fingerprint density at radius 2 is 1.91 bits per heavy atom. The molecule has 0 spiro atoms. The van der Waals surface area contributed by atoms with Crippen LogP contribution in [0.25, 0.3) is 22.5 Å². The highest BCUT2D eigenvalue weighted by atomic mass is 16.1. The Morgan fingerprint density at radius 3 is 2.66 bits per heavy atom. The van der Waals surface area contributed by atoms with Crippen molar-refractivity contribution in [2.45, 2.75) is 38.6 Å². The van der Waals surface area contributed by atoms with Gasteiger partial charge in [-0.25, -0.2) is 0 Å². The molecule has 1 aliphatic carbocycles. The van der Waals surface area contributed by atoms with Gasteiger partial charge in [-0.3, -0.25) is 14.8 Å². The van der Waals surface area contributed by atoms with Gasteiger partial charge >= 0.3 is 0 Å². The highest BCUT2D eigenvalue weighted by molar-refractivity contribution is 6.03. The van der Waals surface area contributed by atoms with Crippen LogP contribution in [0.1, 0.15) is 54.8 Å². The highest BCUT2D eigenvalue weighted by Crippen LogP contribution is 2.37. The van der Waals surface area contributed by atoms with Gasteiger partial charge in [0.2, 0.25) is 0 Å². The van der Waals surface area contributed by atoms with Gasteiger partial charge in [-0.05, 0) is 54.7 Å². The van der Waals surface area contributed by atoms with Crippen molar-refractivity contribution in [2.24, 2.45) is 0 Å². The molecule has 0 bridgehead atoms. The molecule has 1 amide bonds. The first kappa shape index (κ1) is 20.1. The summed E-state index contributed by atoms with van der Waals surface area (Å²) < 4.78 is 2.10. The number of nitrogens with zero attached hydrogens (tertiary/aromatic N) is 5. The van der Waals surface area contributed by atoms with E-state index in [9.17, 15) is 4.79 Å². The minimum absolute atomic E-state index is 0.264. The van der Waals surface area contributed by atoms with Crippen LogP contribution in [-0.4, -0.2) is 30.6 Å². The summed E-state index contributed by atoms with van der Waals surface area (Å²) in [5.74, 6) is 0.928. The lowest BCUT2D eigenvalue weighted by Crippen LogP contribution is -2.13. The van der Waals surface area contributed by atoms with Gasteiger partial charge in [0.05, 0.1) is 0 Å². The first-order valence-electron chi connectivity index (χ1n) is 10.8. The topological polar surface area (TPSA) is 85.6 Å². The van der Waals surface area contributed by atoms with Crippen molar-refractivity contribution in [1.82, 2.24) is 24.7 Å². The molecule has 32 heavy (non-hydrogen) atoms. The summed E-state index contributed by atoms with van der Waals surface area (Å²) in [6.07, 6.45) is 7.57. The van der Waals surface area contributed by atoms with Gasteiger partial charge in [0.1, 0.15) is 12.0 Å². The molecule has 1 aliphatic rings. The fraction of sp³-hybridized carbons (Fsp3) is 0.240. The van der Waals surface area contributed by atoms with E-state index in [-0.39, 0.29) is 5.91 Å². The molecule has 4 aromatic rings. The molecule has 0 saturated heterocycles. The van der Waals surface area contributed by atoms with Crippen molar-refractivity contribution in [2.75, 3.05) is 5.32 Å². The summed E-state index contributed by atoms with van der Waals surface area (Å²) in [6, 6.07) is 15.9. The largest absolute Gasteiger partial charge is 0.321 e. The zero-order valence-corrected chi connectivity index (χ0v) is 18.1. The van der Waals surface area contributed by atoms with Gasteiger partial charge in [0, 0.05) is 40.9 Å². The van der Waals surface area contributed by atoms with Crippen LogP contribution in [0.2, 0.25) is 0 Å². The van der Waals surface area contributed by atoms with Crippen LogP contribution in [0.4, 0.5) is 5.69 Å². The maximum absolute atomic E-state index is 12.9. The summed E-state index contributed by atoms with van der Waals surface area (Å²) in [5, 5.41) is 11.3. The monoisotopic (exact) mass is 424 g/mol. The van der Waals surface area contributed by atoms with Crippen LogP contribution < -0.4 is 5.32 Å². The van der Waals surface area contributed by atoms with Gasteiger partial charge in [0.15, 0.2) is 5.82 Å². The molecule has 0 aliphatic heterocycles. The maximum atomic E-state index is 12.9. The minimum Gasteiger partial charge on any atom is -0.321 e. The van der Waals surface area contributed by atoms with Crippen molar-refractivity contribution >= 4 is 11.6 Å². The molecule has 1 N–H and O–H groups in total. The number of hydrogen-bond donors (Lipinski definition) is 1. The molecule has 7 heteroatoms. The molecule has 7 nitrogen and oxygen atoms in total.